The highest BCUT2D eigenvalue weighted by molar-refractivity contribution is 5.92. The SMILES string of the molecule is NC(=O)c1ccc(-n2c3c(c4ccccc42)CN2CCC3CC2)nc1. The van der Waals surface area contributed by atoms with Crippen molar-refractivity contribution in [2.75, 3.05) is 13.1 Å². The molecule has 2 bridgehead atoms. The highest BCUT2D eigenvalue weighted by Crippen LogP contribution is 2.41. The molecule has 5 heterocycles. The summed E-state index contributed by atoms with van der Waals surface area (Å²) in [6, 6.07) is 12.2. The van der Waals surface area contributed by atoms with Gasteiger partial charge in [0.1, 0.15) is 5.82 Å². The number of carbonyl (C=O) groups excluding carboxylic acids is 1. The molecule has 0 spiro atoms. The maximum absolute atomic E-state index is 11.4. The first-order chi connectivity index (χ1) is 12.2. The summed E-state index contributed by atoms with van der Waals surface area (Å²) in [5, 5.41) is 1.32. The molecule has 1 amide bonds. The first-order valence-corrected chi connectivity index (χ1v) is 8.83. The number of para-hydroxylation sites is 1. The number of amides is 1. The van der Waals surface area contributed by atoms with E-state index in [1.54, 1.807) is 12.3 Å². The number of nitrogens with zero attached hydrogens (tertiary/aromatic N) is 3. The Morgan fingerprint density at radius 3 is 2.64 bits per heavy atom. The molecule has 6 rings (SSSR count). The molecule has 0 unspecified atom stereocenters. The molecule has 0 aliphatic carbocycles. The van der Waals surface area contributed by atoms with Crippen LogP contribution in [0.3, 0.4) is 0 Å². The lowest BCUT2D eigenvalue weighted by molar-refractivity contribution is 0.1000. The standard InChI is InChI=1S/C20H20N4O/c21-20(25)14-5-6-18(22-11-14)24-17-4-2-1-3-15(17)16-12-23-9-7-13(8-10-23)19(16)24/h1-6,11,13H,7-10,12H2,(H2,21,25). The molecule has 0 radical (unpaired) electrons. The van der Waals surface area contributed by atoms with Gasteiger partial charge in [0.25, 0.3) is 0 Å². The van der Waals surface area contributed by atoms with E-state index in [2.05, 4.69) is 38.7 Å². The van der Waals surface area contributed by atoms with Gasteiger partial charge in [-0.15, -0.1) is 0 Å². The summed E-state index contributed by atoms with van der Waals surface area (Å²) in [6.07, 6.45) is 3.97. The van der Waals surface area contributed by atoms with Crippen molar-refractivity contribution in [3.05, 3.63) is 59.4 Å². The van der Waals surface area contributed by atoms with Crippen molar-refractivity contribution in [2.45, 2.75) is 25.3 Å². The number of benzene rings is 1. The van der Waals surface area contributed by atoms with Crippen molar-refractivity contribution >= 4 is 16.8 Å². The van der Waals surface area contributed by atoms with Crippen LogP contribution < -0.4 is 5.73 Å². The van der Waals surface area contributed by atoms with Crippen molar-refractivity contribution in [1.82, 2.24) is 14.5 Å². The van der Waals surface area contributed by atoms with Crippen molar-refractivity contribution < 1.29 is 4.79 Å². The molecule has 1 fully saturated rings. The second-order valence-electron chi connectivity index (χ2n) is 7.04. The Morgan fingerprint density at radius 2 is 1.92 bits per heavy atom. The van der Waals surface area contributed by atoms with Crippen LogP contribution in [0.25, 0.3) is 16.7 Å². The Kier molecular flexibility index (Phi) is 3.18. The predicted octanol–water partition coefficient (Wildman–Crippen LogP) is 2.82. The molecule has 3 aliphatic rings. The molecule has 0 atom stereocenters. The molecule has 3 aliphatic heterocycles. The molecule has 2 aromatic heterocycles. The van der Waals surface area contributed by atoms with Crippen LogP contribution >= 0.6 is 0 Å². The van der Waals surface area contributed by atoms with Crippen LogP contribution in [0.15, 0.2) is 42.6 Å². The highest BCUT2D eigenvalue weighted by Gasteiger charge is 2.33. The Morgan fingerprint density at radius 1 is 1.12 bits per heavy atom. The van der Waals surface area contributed by atoms with Gasteiger partial charge in [0.05, 0.1) is 11.1 Å². The fraction of sp³-hybridized carbons (Fsp3) is 0.300. The number of fused-ring (bicyclic) bond motifs is 3. The van der Waals surface area contributed by atoms with Crippen LogP contribution in [0.2, 0.25) is 0 Å². The van der Waals surface area contributed by atoms with Gasteiger partial charge < -0.3 is 5.73 Å². The van der Waals surface area contributed by atoms with E-state index in [0.29, 0.717) is 11.5 Å². The molecule has 126 valence electrons. The van der Waals surface area contributed by atoms with Crippen LogP contribution in [0.4, 0.5) is 0 Å². The molecule has 25 heavy (non-hydrogen) atoms. The van der Waals surface area contributed by atoms with E-state index in [4.69, 9.17) is 5.73 Å². The number of pyridine rings is 1. The van der Waals surface area contributed by atoms with E-state index in [1.807, 2.05) is 6.07 Å². The maximum Gasteiger partial charge on any atom is 0.250 e. The van der Waals surface area contributed by atoms with Crippen LogP contribution in [0.5, 0.6) is 0 Å². The molecular formula is C20H20N4O. The lowest BCUT2D eigenvalue weighted by Gasteiger charge is -2.27. The molecule has 5 heteroatoms. The largest absolute Gasteiger partial charge is 0.366 e. The fourth-order valence-electron chi connectivity index (χ4n) is 4.42. The number of rotatable bonds is 2. The lowest BCUT2D eigenvalue weighted by Crippen LogP contribution is -2.29. The van der Waals surface area contributed by atoms with E-state index < -0.39 is 5.91 Å². The summed E-state index contributed by atoms with van der Waals surface area (Å²) in [7, 11) is 0. The molecule has 3 aromatic rings. The van der Waals surface area contributed by atoms with Crippen LogP contribution in [0, 0.1) is 0 Å². The zero-order chi connectivity index (χ0) is 17.0. The van der Waals surface area contributed by atoms with E-state index in [9.17, 15) is 4.79 Å². The molecule has 1 aromatic carbocycles. The number of hydrogen-bond donors (Lipinski definition) is 1. The Balaban J connectivity index is 1.78. The summed E-state index contributed by atoms with van der Waals surface area (Å²) in [6.45, 7) is 3.35. The van der Waals surface area contributed by atoms with Gasteiger partial charge in [-0.2, -0.15) is 0 Å². The summed E-state index contributed by atoms with van der Waals surface area (Å²) in [4.78, 5) is 18.5. The Labute approximate surface area is 146 Å². The minimum atomic E-state index is -0.443. The molecule has 5 nitrogen and oxygen atoms in total. The maximum atomic E-state index is 11.4. The van der Waals surface area contributed by atoms with Gasteiger partial charge in [-0.3, -0.25) is 14.3 Å². The molecule has 1 saturated heterocycles. The van der Waals surface area contributed by atoms with E-state index in [1.165, 1.54) is 48.1 Å². The van der Waals surface area contributed by atoms with E-state index in [0.717, 1.165) is 12.4 Å². The minimum Gasteiger partial charge on any atom is -0.366 e. The Bertz CT molecular complexity index is 965. The normalized spacial score (nSPS) is 21.9. The average molecular weight is 332 g/mol. The zero-order valence-corrected chi connectivity index (χ0v) is 14.0. The minimum absolute atomic E-state index is 0.443. The van der Waals surface area contributed by atoms with Crippen LogP contribution in [-0.2, 0) is 6.54 Å². The number of primary amides is 1. The van der Waals surface area contributed by atoms with Crippen molar-refractivity contribution in [3.63, 3.8) is 0 Å². The van der Waals surface area contributed by atoms with E-state index >= 15 is 0 Å². The van der Waals surface area contributed by atoms with Gasteiger partial charge in [-0.25, -0.2) is 4.98 Å². The summed E-state index contributed by atoms with van der Waals surface area (Å²) in [5.41, 5.74) is 9.84. The second-order valence-corrected chi connectivity index (χ2v) is 7.04. The fourth-order valence-corrected chi connectivity index (χ4v) is 4.42. The quantitative estimate of drug-likeness (QED) is 0.785. The predicted molar refractivity (Wildman–Crippen MR) is 96.8 cm³/mol. The number of hydrogen-bond acceptors (Lipinski definition) is 3. The van der Waals surface area contributed by atoms with Crippen molar-refractivity contribution in [1.29, 1.82) is 0 Å². The number of piperidine rings is 1. The van der Waals surface area contributed by atoms with Gasteiger partial charge in [0, 0.05) is 29.7 Å². The van der Waals surface area contributed by atoms with E-state index in [-0.39, 0.29) is 0 Å². The van der Waals surface area contributed by atoms with Crippen LogP contribution in [-0.4, -0.2) is 33.4 Å². The van der Waals surface area contributed by atoms with Gasteiger partial charge in [0.15, 0.2) is 0 Å². The van der Waals surface area contributed by atoms with Crippen molar-refractivity contribution in [3.8, 4) is 5.82 Å². The smallest absolute Gasteiger partial charge is 0.250 e. The Hall–Kier alpha value is -2.66. The monoisotopic (exact) mass is 332 g/mol. The van der Waals surface area contributed by atoms with Gasteiger partial charge in [-0.05, 0) is 49.7 Å². The second kappa shape index (κ2) is 5.43. The molecule has 0 saturated carbocycles. The third-order valence-electron chi connectivity index (χ3n) is 5.64. The van der Waals surface area contributed by atoms with Gasteiger partial charge in [-0.1, -0.05) is 18.2 Å². The summed E-state index contributed by atoms with van der Waals surface area (Å²) >= 11 is 0. The molecule has 2 N–H and O–H groups in total. The first-order valence-electron chi connectivity index (χ1n) is 8.83. The average Bonchev–Trinajstić information content (AvgIpc) is 2.76. The number of carbonyl (C=O) groups is 1. The summed E-state index contributed by atoms with van der Waals surface area (Å²) < 4.78 is 2.30. The lowest BCUT2D eigenvalue weighted by atomic mass is 9.94. The third kappa shape index (κ3) is 2.19. The number of aromatic nitrogens is 2. The number of nitrogens with two attached hydrogens (primary N) is 1. The zero-order valence-electron chi connectivity index (χ0n) is 14.0. The first kappa shape index (κ1) is 14.7. The van der Waals surface area contributed by atoms with Crippen molar-refractivity contribution in [2.24, 2.45) is 5.73 Å². The molecular weight excluding hydrogens is 312 g/mol. The van der Waals surface area contributed by atoms with Gasteiger partial charge in [0.2, 0.25) is 5.91 Å². The third-order valence-corrected chi connectivity index (χ3v) is 5.64. The summed E-state index contributed by atoms with van der Waals surface area (Å²) in [5.74, 6) is 0.989. The van der Waals surface area contributed by atoms with Gasteiger partial charge >= 0.3 is 0 Å². The highest BCUT2D eigenvalue weighted by atomic mass is 16.1. The topological polar surface area (TPSA) is 64.2 Å². The van der Waals surface area contributed by atoms with Crippen LogP contribution in [0.1, 0.15) is 40.4 Å².